The second-order valence-electron chi connectivity index (χ2n) is 6.62. The Hall–Kier alpha value is -1.99. The third-order valence-electron chi connectivity index (χ3n) is 4.46. The van der Waals surface area contributed by atoms with Crippen LogP contribution in [0, 0.1) is 26.2 Å². The van der Waals surface area contributed by atoms with Gasteiger partial charge in [0.05, 0.1) is 19.1 Å². The highest BCUT2D eigenvalue weighted by molar-refractivity contribution is 5.81. The monoisotopic (exact) mass is 328 g/mol. The first-order chi connectivity index (χ1) is 11.5. The van der Waals surface area contributed by atoms with E-state index in [4.69, 9.17) is 11.2 Å². The fourth-order valence-electron chi connectivity index (χ4n) is 3.26. The van der Waals surface area contributed by atoms with Gasteiger partial charge in [-0.2, -0.15) is 0 Å². The zero-order valence-electron chi connectivity index (χ0n) is 15.0. The standard InChI is InChI=1S/C20H28N2O2/c1-5-9-22-10-7-6-8-19(22)20(23)21(4)11-12-24-18-14-16(2)13-17(3)15-18/h1,13-15,19H,6-12H2,2-4H3. The van der Waals surface area contributed by atoms with E-state index in [1.165, 1.54) is 11.1 Å². The van der Waals surface area contributed by atoms with Crippen molar-refractivity contribution in [1.29, 1.82) is 0 Å². The van der Waals surface area contributed by atoms with Crippen LogP contribution < -0.4 is 4.74 Å². The lowest BCUT2D eigenvalue weighted by atomic mass is 10.0. The molecule has 0 aromatic heterocycles. The molecular weight excluding hydrogens is 300 g/mol. The van der Waals surface area contributed by atoms with E-state index in [1.54, 1.807) is 4.90 Å². The van der Waals surface area contributed by atoms with Crippen LogP contribution in [0.4, 0.5) is 0 Å². The van der Waals surface area contributed by atoms with Crippen LogP contribution in [0.5, 0.6) is 5.75 Å². The Balaban J connectivity index is 1.85. The second-order valence-corrected chi connectivity index (χ2v) is 6.62. The number of nitrogens with zero attached hydrogens (tertiary/aromatic N) is 2. The number of rotatable bonds is 6. The van der Waals surface area contributed by atoms with Crippen LogP contribution >= 0.6 is 0 Å². The summed E-state index contributed by atoms with van der Waals surface area (Å²) < 4.78 is 5.81. The fourth-order valence-corrected chi connectivity index (χ4v) is 3.26. The molecule has 0 aliphatic carbocycles. The van der Waals surface area contributed by atoms with Crippen LogP contribution in [0.25, 0.3) is 0 Å². The van der Waals surface area contributed by atoms with Crippen molar-refractivity contribution in [3.05, 3.63) is 29.3 Å². The molecule has 1 aliphatic rings. The molecule has 1 aliphatic heterocycles. The highest BCUT2D eigenvalue weighted by Gasteiger charge is 2.30. The van der Waals surface area contributed by atoms with E-state index in [0.29, 0.717) is 19.7 Å². The van der Waals surface area contributed by atoms with Crippen LogP contribution in [0.2, 0.25) is 0 Å². The lowest BCUT2D eigenvalue weighted by Crippen LogP contribution is -2.50. The number of amides is 1. The molecule has 2 rings (SSSR count). The molecule has 0 saturated carbocycles. The number of carbonyl (C=O) groups is 1. The molecule has 0 radical (unpaired) electrons. The van der Waals surface area contributed by atoms with E-state index in [0.717, 1.165) is 31.6 Å². The van der Waals surface area contributed by atoms with Crippen LogP contribution in [0.3, 0.4) is 0 Å². The van der Waals surface area contributed by atoms with Crippen molar-refractivity contribution in [3.63, 3.8) is 0 Å². The van der Waals surface area contributed by atoms with Crippen molar-refractivity contribution in [2.45, 2.75) is 39.2 Å². The lowest BCUT2D eigenvalue weighted by Gasteiger charge is -2.35. The van der Waals surface area contributed by atoms with E-state index in [1.807, 2.05) is 19.2 Å². The highest BCUT2D eigenvalue weighted by Crippen LogP contribution is 2.19. The van der Waals surface area contributed by atoms with Gasteiger partial charge >= 0.3 is 0 Å². The van der Waals surface area contributed by atoms with Crippen molar-refractivity contribution < 1.29 is 9.53 Å². The minimum absolute atomic E-state index is 0.0824. The maximum Gasteiger partial charge on any atom is 0.239 e. The van der Waals surface area contributed by atoms with Gasteiger partial charge in [0, 0.05) is 7.05 Å². The van der Waals surface area contributed by atoms with Crippen molar-refractivity contribution in [2.75, 3.05) is 33.3 Å². The number of piperidine rings is 1. The number of likely N-dealkylation sites (tertiary alicyclic amines) is 1. The van der Waals surface area contributed by atoms with Gasteiger partial charge in [0.15, 0.2) is 0 Å². The number of hydrogen-bond acceptors (Lipinski definition) is 3. The molecule has 1 fully saturated rings. The van der Waals surface area contributed by atoms with Gasteiger partial charge in [-0.3, -0.25) is 9.69 Å². The molecule has 4 nitrogen and oxygen atoms in total. The summed E-state index contributed by atoms with van der Waals surface area (Å²) in [6.45, 7) is 6.63. The molecule has 1 unspecified atom stereocenters. The zero-order valence-corrected chi connectivity index (χ0v) is 15.0. The SMILES string of the molecule is C#CCN1CCCCC1C(=O)N(C)CCOc1cc(C)cc(C)c1. The highest BCUT2D eigenvalue weighted by atomic mass is 16.5. The van der Waals surface area contributed by atoms with Gasteiger partial charge in [-0.05, 0) is 56.5 Å². The summed E-state index contributed by atoms with van der Waals surface area (Å²) in [6, 6.07) is 6.07. The van der Waals surface area contributed by atoms with Gasteiger partial charge in [-0.25, -0.2) is 0 Å². The van der Waals surface area contributed by atoms with Crippen molar-refractivity contribution in [2.24, 2.45) is 0 Å². The molecule has 1 heterocycles. The lowest BCUT2D eigenvalue weighted by molar-refractivity contribution is -0.137. The van der Waals surface area contributed by atoms with Gasteiger partial charge in [-0.1, -0.05) is 18.4 Å². The number of likely N-dealkylation sites (N-methyl/N-ethyl adjacent to an activating group) is 1. The molecule has 1 aromatic carbocycles. The molecule has 0 bridgehead atoms. The summed E-state index contributed by atoms with van der Waals surface area (Å²) >= 11 is 0. The quantitative estimate of drug-likeness (QED) is 0.753. The summed E-state index contributed by atoms with van der Waals surface area (Å²) in [5.74, 6) is 3.68. The summed E-state index contributed by atoms with van der Waals surface area (Å²) in [7, 11) is 1.84. The van der Waals surface area contributed by atoms with E-state index < -0.39 is 0 Å². The summed E-state index contributed by atoms with van der Waals surface area (Å²) in [5.41, 5.74) is 2.36. The molecule has 0 spiro atoms. The Morgan fingerprint density at radius 1 is 1.33 bits per heavy atom. The van der Waals surface area contributed by atoms with Gasteiger partial charge in [0.25, 0.3) is 0 Å². The largest absolute Gasteiger partial charge is 0.492 e. The topological polar surface area (TPSA) is 32.8 Å². The minimum Gasteiger partial charge on any atom is -0.492 e. The average molecular weight is 328 g/mol. The van der Waals surface area contributed by atoms with Crippen molar-refractivity contribution >= 4 is 5.91 Å². The molecule has 1 saturated heterocycles. The van der Waals surface area contributed by atoms with Crippen LogP contribution in [-0.2, 0) is 4.79 Å². The van der Waals surface area contributed by atoms with Crippen LogP contribution in [-0.4, -0.2) is 55.0 Å². The zero-order chi connectivity index (χ0) is 17.5. The van der Waals surface area contributed by atoms with E-state index in [9.17, 15) is 4.79 Å². The van der Waals surface area contributed by atoms with Gasteiger partial charge < -0.3 is 9.64 Å². The third kappa shape index (κ3) is 5.01. The summed E-state index contributed by atoms with van der Waals surface area (Å²) in [6.07, 6.45) is 8.53. The van der Waals surface area contributed by atoms with E-state index >= 15 is 0 Å². The van der Waals surface area contributed by atoms with Crippen LogP contribution in [0.15, 0.2) is 18.2 Å². The van der Waals surface area contributed by atoms with Gasteiger partial charge in [-0.15, -0.1) is 6.42 Å². The van der Waals surface area contributed by atoms with Gasteiger partial charge in [0.1, 0.15) is 12.4 Å². The molecule has 1 atom stereocenters. The molecule has 0 N–H and O–H groups in total. The predicted molar refractivity (Wildman–Crippen MR) is 97.1 cm³/mol. The first-order valence-corrected chi connectivity index (χ1v) is 8.65. The number of ether oxygens (including phenoxy) is 1. The second kappa shape index (κ2) is 8.75. The maximum absolute atomic E-state index is 12.7. The first kappa shape index (κ1) is 18.4. The first-order valence-electron chi connectivity index (χ1n) is 8.65. The normalized spacial score (nSPS) is 18.0. The van der Waals surface area contributed by atoms with Crippen LogP contribution in [0.1, 0.15) is 30.4 Å². The fraction of sp³-hybridized carbons (Fsp3) is 0.550. The Kier molecular flexibility index (Phi) is 6.69. The number of hydrogen-bond donors (Lipinski definition) is 0. The molecule has 24 heavy (non-hydrogen) atoms. The molecule has 130 valence electrons. The average Bonchev–Trinajstić information content (AvgIpc) is 2.54. The Bertz CT molecular complexity index is 586. The summed E-state index contributed by atoms with van der Waals surface area (Å²) in [4.78, 5) is 16.6. The van der Waals surface area contributed by atoms with Crippen molar-refractivity contribution in [3.8, 4) is 18.1 Å². The number of terminal acetylenes is 1. The van der Waals surface area contributed by atoms with E-state index in [-0.39, 0.29) is 11.9 Å². The Morgan fingerprint density at radius 3 is 2.71 bits per heavy atom. The number of aryl methyl sites for hydroxylation is 2. The van der Waals surface area contributed by atoms with Gasteiger partial charge in [0.2, 0.25) is 5.91 Å². The Labute approximate surface area is 145 Å². The molecule has 1 aromatic rings. The molecular formula is C20H28N2O2. The predicted octanol–water partition coefficient (Wildman–Crippen LogP) is 2.63. The summed E-state index contributed by atoms with van der Waals surface area (Å²) in [5, 5.41) is 0. The number of benzene rings is 1. The number of carbonyl (C=O) groups excluding carboxylic acids is 1. The smallest absolute Gasteiger partial charge is 0.239 e. The minimum atomic E-state index is -0.0824. The Morgan fingerprint density at radius 2 is 2.04 bits per heavy atom. The van der Waals surface area contributed by atoms with E-state index in [2.05, 4.69) is 30.7 Å². The third-order valence-corrected chi connectivity index (χ3v) is 4.46. The van der Waals surface area contributed by atoms with Crippen molar-refractivity contribution in [1.82, 2.24) is 9.80 Å². The molecule has 4 heteroatoms. The maximum atomic E-state index is 12.7. The molecule has 1 amide bonds.